The lowest BCUT2D eigenvalue weighted by atomic mass is 10.1. The summed E-state index contributed by atoms with van der Waals surface area (Å²) in [5.74, 6) is 0.528. The van der Waals surface area contributed by atoms with Crippen molar-refractivity contribution in [1.29, 1.82) is 0 Å². The predicted molar refractivity (Wildman–Crippen MR) is 107 cm³/mol. The van der Waals surface area contributed by atoms with E-state index in [4.69, 9.17) is 0 Å². The Balaban J connectivity index is 1.72. The van der Waals surface area contributed by atoms with Crippen LogP contribution < -0.4 is 9.46 Å². The predicted octanol–water partition coefficient (Wildman–Crippen LogP) is 4.37. The van der Waals surface area contributed by atoms with Gasteiger partial charge in [0.05, 0.1) is 5.69 Å². The lowest BCUT2D eigenvalue weighted by molar-refractivity contribution is -0.275. The number of fused-ring (bicyclic) bond motifs is 1. The van der Waals surface area contributed by atoms with Crippen LogP contribution in [0.15, 0.2) is 53.4 Å². The van der Waals surface area contributed by atoms with Crippen molar-refractivity contribution in [2.24, 2.45) is 0 Å². The SMILES string of the molecule is O=S(=O)(Nc1ccccc1-c1nnc2n1CCCCC2)c1ccccc1OC(F)(F)F. The zero-order chi connectivity index (χ0) is 22.1. The lowest BCUT2D eigenvalue weighted by Gasteiger charge is -2.16. The Morgan fingerprint density at radius 2 is 1.71 bits per heavy atom. The summed E-state index contributed by atoms with van der Waals surface area (Å²) < 4.78 is 72.4. The molecule has 31 heavy (non-hydrogen) atoms. The van der Waals surface area contributed by atoms with E-state index in [0.717, 1.165) is 43.6 Å². The second kappa shape index (κ2) is 8.22. The average molecular weight is 452 g/mol. The van der Waals surface area contributed by atoms with E-state index < -0.39 is 27.0 Å². The van der Waals surface area contributed by atoms with Gasteiger partial charge in [-0.25, -0.2) is 8.42 Å². The first-order chi connectivity index (χ1) is 14.7. The van der Waals surface area contributed by atoms with Crippen LogP contribution in [0.2, 0.25) is 0 Å². The van der Waals surface area contributed by atoms with Gasteiger partial charge in [-0.15, -0.1) is 23.4 Å². The third-order valence-corrected chi connectivity index (χ3v) is 6.29. The van der Waals surface area contributed by atoms with Crippen LogP contribution in [-0.4, -0.2) is 29.5 Å². The number of aromatic nitrogens is 3. The van der Waals surface area contributed by atoms with Crippen LogP contribution >= 0.6 is 0 Å². The Morgan fingerprint density at radius 1 is 0.968 bits per heavy atom. The van der Waals surface area contributed by atoms with E-state index >= 15 is 0 Å². The lowest BCUT2D eigenvalue weighted by Crippen LogP contribution is -2.21. The number of rotatable bonds is 5. The van der Waals surface area contributed by atoms with Crippen molar-refractivity contribution in [3.05, 3.63) is 54.4 Å². The van der Waals surface area contributed by atoms with Crippen molar-refractivity contribution in [3.8, 4) is 17.1 Å². The molecule has 0 bridgehead atoms. The van der Waals surface area contributed by atoms with E-state index in [-0.39, 0.29) is 5.69 Å². The molecule has 0 radical (unpaired) electrons. The van der Waals surface area contributed by atoms with Crippen molar-refractivity contribution in [3.63, 3.8) is 0 Å². The van der Waals surface area contributed by atoms with Crippen molar-refractivity contribution in [1.82, 2.24) is 14.8 Å². The summed E-state index contributed by atoms with van der Waals surface area (Å²) in [6, 6.07) is 11.2. The number of hydrogen-bond donors (Lipinski definition) is 1. The minimum absolute atomic E-state index is 0.184. The highest BCUT2D eigenvalue weighted by Gasteiger charge is 2.34. The van der Waals surface area contributed by atoms with Gasteiger partial charge in [0.2, 0.25) is 0 Å². The number of nitrogens with one attached hydrogen (secondary N) is 1. The molecule has 0 saturated carbocycles. The molecule has 0 unspecified atom stereocenters. The highest BCUT2D eigenvalue weighted by atomic mass is 32.2. The maximum absolute atomic E-state index is 13.0. The molecular weight excluding hydrogens is 433 g/mol. The van der Waals surface area contributed by atoms with E-state index in [1.807, 2.05) is 4.57 Å². The topological polar surface area (TPSA) is 86.1 Å². The molecule has 4 rings (SSSR count). The number of ether oxygens (including phenoxy) is 1. The summed E-state index contributed by atoms with van der Waals surface area (Å²) in [6.07, 6.45) is -1.23. The molecule has 7 nitrogen and oxygen atoms in total. The monoisotopic (exact) mass is 452 g/mol. The number of alkyl halides is 3. The third kappa shape index (κ3) is 4.66. The van der Waals surface area contributed by atoms with Crippen LogP contribution in [0, 0.1) is 0 Å². The average Bonchev–Trinajstić information content (AvgIpc) is 2.95. The van der Waals surface area contributed by atoms with E-state index in [1.165, 1.54) is 18.2 Å². The normalized spacial score (nSPS) is 14.5. The van der Waals surface area contributed by atoms with Gasteiger partial charge in [-0.1, -0.05) is 30.7 Å². The van der Waals surface area contributed by atoms with Gasteiger partial charge in [0.1, 0.15) is 16.5 Å². The Labute approximate surface area is 176 Å². The summed E-state index contributed by atoms with van der Waals surface area (Å²) in [6.45, 7) is 0.709. The van der Waals surface area contributed by atoms with E-state index in [9.17, 15) is 21.6 Å². The maximum Gasteiger partial charge on any atom is 0.573 e. The quantitative estimate of drug-likeness (QED) is 0.621. The zero-order valence-corrected chi connectivity index (χ0v) is 17.1. The van der Waals surface area contributed by atoms with Crippen LogP contribution in [0.3, 0.4) is 0 Å². The Bertz CT molecular complexity index is 1190. The second-order valence-corrected chi connectivity index (χ2v) is 8.70. The van der Waals surface area contributed by atoms with Gasteiger partial charge in [-0.3, -0.25) is 4.72 Å². The van der Waals surface area contributed by atoms with Crippen LogP contribution in [0.25, 0.3) is 11.4 Å². The molecule has 164 valence electrons. The third-order valence-electron chi connectivity index (χ3n) is 4.89. The molecule has 2 aromatic carbocycles. The van der Waals surface area contributed by atoms with Gasteiger partial charge in [-0.05, 0) is 37.1 Å². The van der Waals surface area contributed by atoms with Crippen molar-refractivity contribution < 1.29 is 26.3 Å². The van der Waals surface area contributed by atoms with Crippen LogP contribution in [0.5, 0.6) is 5.75 Å². The molecule has 3 aromatic rings. The molecule has 1 aromatic heterocycles. The van der Waals surface area contributed by atoms with E-state index in [1.54, 1.807) is 18.2 Å². The number of sulfonamides is 1. The Kier molecular flexibility index (Phi) is 5.61. The fourth-order valence-corrected chi connectivity index (χ4v) is 4.74. The molecule has 1 aliphatic heterocycles. The first-order valence-corrected chi connectivity index (χ1v) is 11.1. The van der Waals surface area contributed by atoms with Crippen molar-refractivity contribution in [2.75, 3.05) is 4.72 Å². The summed E-state index contributed by atoms with van der Waals surface area (Å²) in [7, 11) is -4.39. The van der Waals surface area contributed by atoms with Gasteiger partial charge in [0.15, 0.2) is 5.82 Å². The molecule has 0 aliphatic carbocycles. The Hall–Kier alpha value is -3.08. The van der Waals surface area contributed by atoms with Crippen molar-refractivity contribution >= 4 is 15.7 Å². The number of aryl methyl sites for hydroxylation is 1. The van der Waals surface area contributed by atoms with Crippen LogP contribution in [-0.2, 0) is 23.0 Å². The highest BCUT2D eigenvalue weighted by molar-refractivity contribution is 7.92. The smallest absolute Gasteiger partial charge is 0.404 e. The summed E-state index contributed by atoms with van der Waals surface area (Å²) in [5.41, 5.74) is 0.671. The molecule has 1 aliphatic rings. The van der Waals surface area contributed by atoms with Gasteiger partial charge < -0.3 is 9.30 Å². The molecule has 11 heteroatoms. The highest BCUT2D eigenvalue weighted by Crippen LogP contribution is 2.33. The largest absolute Gasteiger partial charge is 0.573 e. The number of hydrogen-bond acceptors (Lipinski definition) is 5. The number of benzene rings is 2. The van der Waals surface area contributed by atoms with Gasteiger partial charge in [0, 0.05) is 18.5 Å². The first-order valence-electron chi connectivity index (χ1n) is 9.64. The molecule has 0 spiro atoms. The summed E-state index contributed by atoms with van der Waals surface area (Å²) >= 11 is 0. The summed E-state index contributed by atoms with van der Waals surface area (Å²) in [4.78, 5) is -0.623. The molecule has 0 fully saturated rings. The first kappa shape index (κ1) is 21.2. The molecule has 0 saturated heterocycles. The van der Waals surface area contributed by atoms with Gasteiger partial charge >= 0.3 is 6.36 Å². The fourth-order valence-electron chi connectivity index (χ4n) is 3.53. The minimum atomic E-state index is -5.03. The summed E-state index contributed by atoms with van der Waals surface area (Å²) in [5, 5.41) is 8.48. The minimum Gasteiger partial charge on any atom is -0.404 e. The number of nitrogens with zero attached hydrogens (tertiary/aromatic N) is 3. The number of para-hydroxylation sites is 2. The molecular formula is C20H19F3N4O3S. The maximum atomic E-state index is 13.0. The van der Waals surface area contributed by atoms with E-state index in [0.29, 0.717) is 17.9 Å². The van der Waals surface area contributed by atoms with Crippen LogP contribution in [0.4, 0.5) is 18.9 Å². The number of halogens is 3. The van der Waals surface area contributed by atoms with Gasteiger partial charge in [0.25, 0.3) is 10.0 Å². The standard InChI is InChI=1S/C20H19F3N4O3S/c21-20(22,23)30-16-10-5-6-11-17(16)31(28,29)26-15-9-4-3-8-14(15)19-25-24-18-12-2-1-7-13-27(18)19/h3-6,8-11,26H,1-2,7,12-13H2. The Morgan fingerprint density at radius 3 is 2.52 bits per heavy atom. The fraction of sp³-hybridized carbons (Fsp3) is 0.300. The van der Waals surface area contributed by atoms with Crippen LogP contribution in [0.1, 0.15) is 25.1 Å². The van der Waals surface area contributed by atoms with E-state index in [2.05, 4.69) is 19.7 Å². The molecule has 0 atom stereocenters. The molecule has 2 heterocycles. The van der Waals surface area contributed by atoms with Gasteiger partial charge in [-0.2, -0.15) is 0 Å². The molecule has 0 amide bonds. The zero-order valence-electron chi connectivity index (χ0n) is 16.3. The van der Waals surface area contributed by atoms with Crippen molar-refractivity contribution in [2.45, 2.75) is 43.5 Å². The number of anilines is 1. The second-order valence-electron chi connectivity index (χ2n) is 7.05. The molecule has 1 N–H and O–H groups in total.